The molecule has 0 aliphatic rings. The summed E-state index contributed by atoms with van der Waals surface area (Å²) in [6.45, 7) is 3.40. The smallest absolute Gasteiger partial charge is 0.348 e. The monoisotopic (exact) mass is 461 g/mol. The van der Waals surface area contributed by atoms with Crippen LogP contribution in [0.5, 0.6) is 5.75 Å². The van der Waals surface area contributed by atoms with Crippen molar-refractivity contribution in [2.45, 2.75) is 19.6 Å². The number of aliphatic hydroxyl groups excluding tert-OH is 1. The number of aromatic nitrogens is 2. The highest BCUT2D eigenvalue weighted by Crippen LogP contribution is 2.27. The Bertz CT molecular complexity index is 1100. The maximum Gasteiger partial charge on any atom is 0.348 e. The van der Waals surface area contributed by atoms with Gasteiger partial charge in [0.25, 0.3) is 5.56 Å². The van der Waals surface area contributed by atoms with E-state index in [2.05, 4.69) is 9.97 Å². The zero-order chi connectivity index (χ0) is 23.1. The van der Waals surface area contributed by atoms with Gasteiger partial charge in [-0.1, -0.05) is 18.2 Å². The second-order valence-electron chi connectivity index (χ2n) is 7.25. The molecule has 0 aliphatic carbocycles. The molecular formula is C22H27N3O6S. The predicted molar refractivity (Wildman–Crippen MR) is 121 cm³/mol. The summed E-state index contributed by atoms with van der Waals surface area (Å²) < 4.78 is 15.6. The van der Waals surface area contributed by atoms with Crippen LogP contribution in [0.1, 0.15) is 21.1 Å². The number of carbonyl (C=O) groups is 1. The van der Waals surface area contributed by atoms with Crippen LogP contribution >= 0.6 is 11.3 Å². The molecule has 0 bridgehead atoms. The molecule has 0 radical (unpaired) electrons. The van der Waals surface area contributed by atoms with E-state index in [1.165, 1.54) is 7.11 Å². The first kappa shape index (κ1) is 23.9. The van der Waals surface area contributed by atoms with Crippen molar-refractivity contribution >= 4 is 27.5 Å². The quantitative estimate of drug-likeness (QED) is 0.417. The maximum absolute atomic E-state index is 12.7. The number of hydrogen-bond donors (Lipinski definition) is 2. The van der Waals surface area contributed by atoms with Gasteiger partial charge in [0.05, 0.1) is 25.6 Å². The van der Waals surface area contributed by atoms with Gasteiger partial charge >= 0.3 is 5.97 Å². The van der Waals surface area contributed by atoms with E-state index in [9.17, 15) is 14.7 Å². The summed E-state index contributed by atoms with van der Waals surface area (Å²) in [7, 11) is 2.90. The van der Waals surface area contributed by atoms with Gasteiger partial charge in [-0.25, -0.2) is 9.78 Å². The van der Waals surface area contributed by atoms with E-state index in [1.54, 1.807) is 14.0 Å². The van der Waals surface area contributed by atoms with Crippen molar-refractivity contribution in [2.24, 2.45) is 0 Å². The second-order valence-corrected chi connectivity index (χ2v) is 8.25. The van der Waals surface area contributed by atoms with Crippen molar-refractivity contribution in [3.63, 3.8) is 0 Å². The fourth-order valence-electron chi connectivity index (χ4n) is 3.28. The van der Waals surface area contributed by atoms with Crippen LogP contribution in [0.4, 0.5) is 0 Å². The summed E-state index contributed by atoms with van der Waals surface area (Å²) in [5.41, 5.74) is 0.246. The summed E-state index contributed by atoms with van der Waals surface area (Å²) in [5.74, 6) is 0.628. The van der Waals surface area contributed by atoms with Gasteiger partial charge in [0.2, 0.25) is 0 Å². The molecule has 0 fully saturated rings. The highest BCUT2D eigenvalue weighted by atomic mass is 32.1. The van der Waals surface area contributed by atoms with E-state index < -0.39 is 12.1 Å². The zero-order valence-corrected chi connectivity index (χ0v) is 19.1. The van der Waals surface area contributed by atoms with Crippen LogP contribution in [0.2, 0.25) is 0 Å². The van der Waals surface area contributed by atoms with Crippen LogP contribution < -0.4 is 10.3 Å². The van der Waals surface area contributed by atoms with Crippen LogP contribution in [0.3, 0.4) is 0 Å². The normalized spacial score (nSPS) is 12.3. The molecule has 2 aromatic heterocycles. The summed E-state index contributed by atoms with van der Waals surface area (Å²) in [5, 5.41) is 10.9. The Morgan fingerprint density at radius 1 is 1.28 bits per heavy atom. The standard InChI is InChI=1S/C22H27N3O6S/c1-14-18-20(27)23-17(24-21(18)32-19(14)22(28)30-3)12-25(9-10-29-2)11-15(26)13-31-16-7-5-4-6-8-16/h4-8,15,26H,9-13H2,1-3H3,(H,23,24,27)/t15-/m0/s1. The van der Waals surface area contributed by atoms with Crippen LogP contribution in [0.25, 0.3) is 10.2 Å². The molecule has 0 unspecified atom stereocenters. The number of methoxy groups -OCH3 is 2. The number of nitrogens with zero attached hydrogens (tertiary/aromatic N) is 2. The summed E-state index contributed by atoms with van der Waals surface area (Å²) in [4.78, 5) is 34.7. The fraction of sp³-hybridized carbons (Fsp3) is 0.409. The summed E-state index contributed by atoms with van der Waals surface area (Å²) >= 11 is 1.13. The third-order valence-electron chi connectivity index (χ3n) is 4.86. The first-order valence-corrected chi connectivity index (χ1v) is 10.9. The number of aliphatic hydroxyl groups is 1. The Morgan fingerprint density at radius 2 is 2.03 bits per heavy atom. The number of H-pyrrole nitrogens is 1. The molecule has 0 amide bonds. The minimum atomic E-state index is -0.752. The number of para-hydroxylation sites is 1. The summed E-state index contributed by atoms with van der Waals surface area (Å²) in [6.07, 6.45) is -0.752. The number of hydrogen-bond acceptors (Lipinski definition) is 9. The maximum atomic E-state index is 12.7. The van der Waals surface area contributed by atoms with Gasteiger partial charge in [-0.2, -0.15) is 0 Å². The number of benzene rings is 1. The van der Waals surface area contributed by atoms with Crippen molar-refractivity contribution in [1.82, 2.24) is 14.9 Å². The van der Waals surface area contributed by atoms with Gasteiger partial charge in [0, 0.05) is 20.2 Å². The molecule has 3 rings (SSSR count). The van der Waals surface area contributed by atoms with Gasteiger partial charge in [-0.15, -0.1) is 11.3 Å². The average Bonchev–Trinajstić information content (AvgIpc) is 3.12. The molecular weight excluding hydrogens is 434 g/mol. The predicted octanol–water partition coefficient (Wildman–Crippen LogP) is 1.97. The van der Waals surface area contributed by atoms with Gasteiger partial charge in [-0.05, 0) is 24.6 Å². The van der Waals surface area contributed by atoms with Crippen LogP contribution in [0.15, 0.2) is 35.1 Å². The van der Waals surface area contributed by atoms with E-state index >= 15 is 0 Å². The Hall–Kier alpha value is -2.79. The highest BCUT2D eigenvalue weighted by Gasteiger charge is 2.21. The first-order chi connectivity index (χ1) is 15.4. The first-order valence-electron chi connectivity index (χ1n) is 10.1. The number of nitrogens with one attached hydrogen (secondary N) is 1. The third kappa shape index (κ3) is 5.92. The molecule has 3 aromatic rings. The van der Waals surface area contributed by atoms with E-state index in [1.807, 2.05) is 35.2 Å². The lowest BCUT2D eigenvalue weighted by atomic mass is 10.2. The molecule has 0 aliphatic heterocycles. The molecule has 10 heteroatoms. The minimum Gasteiger partial charge on any atom is -0.491 e. The van der Waals surface area contributed by atoms with E-state index in [-0.39, 0.29) is 12.2 Å². The van der Waals surface area contributed by atoms with Crippen molar-refractivity contribution < 1.29 is 24.1 Å². The van der Waals surface area contributed by atoms with Gasteiger partial charge in [-0.3, -0.25) is 9.69 Å². The van der Waals surface area contributed by atoms with Crippen molar-refractivity contribution in [1.29, 1.82) is 0 Å². The Kier molecular flexibility index (Phi) is 8.34. The number of ether oxygens (including phenoxy) is 3. The number of aromatic amines is 1. The highest BCUT2D eigenvalue weighted by molar-refractivity contribution is 7.20. The Balaban J connectivity index is 1.74. The van der Waals surface area contributed by atoms with Gasteiger partial charge < -0.3 is 24.3 Å². The zero-order valence-electron chi connectivity index (χ0n) is 18.3. The van der Waals surface area contributed by atoms with E-state index in [4.69, 9.17) is 14.2 Å². The van der Waals surface area contributed by atoms with Crippen LogP contribution in [0, 0.1) is 6.92 Å². The van der Waals surface area contributed by atoms with Crippen LogP contribution in [-0.2, 0) is 16.0 Å². The van der Waals surface area contributed by atoms with Crippen molar-refractivity contribution in [2.75, 3.05) is 40.5 Å². The molecule has 32 heavy (non-hydrogen) atoms. The van der Waals surface area contributed by atoms with E-state index in [0.717, 1.165) is 11.3 Å². The number of thiophene rings is 1. The SMILES string of the molecule is COCCN(Cc1nc2sc(C(=O)OC)c(C)c2c(=O)[nH]1)C[C@H](O)COc1ccccc1. The lowest BCUT2D eigenvalue weighted by molar-refractivity contribution is 0.0533. The molecule has 172 valence electrons. The number of aryl methyl sites for hydroxylation is 1. The molecule has 9 nitrogen and oxygen atoms in total. The van der Waals surface area contributed by atoms with Crippen molar-refractivity contribution in [3.8, 4) is 5.75 Å². The molecule has 1 aromatic carbocycles. The van der Waals surface area contributed by atoms with Crippen molar-refractivity contribution in [3.05, 3.63) is 57.0 Å². The number of carbonyl (C=O) groups excluding carboxylic acids is 1. The molecule has 0 saturated heterocycles. The molecule has 0 saturated carbocycles. The van der Waals surface area contributed by atoms with Gasteiger partial charge in [0.15, 0.2) is 0 Å². The molecule has 1 atom stereocenters. The molecule has 2 N–H and O–H groups in total. The van der Waals surface area contributed by atoms with E-state index in [0.29, 0.717) is 58.5 Å². The Labute approximate surface area is 189 Å². The lowest BCUT2D eigenvalue weighted by Gasteiger charge is -2.24. The topological polar surface area (TPSA) is 114 Å². The minimum absolute atomic E-state index is 0.128. The third-order valence-corrected chi connectivity index (χ3v) is 6.03. The number of rotatable bonds is 11. The second kappa shape index (κ2) is 11.2. The lowest BCUT2D eigenvalue weighted by Crippen LogP contribution is -2.38. The fourth-order valence-corrected chi connectivity index (χ4v) is 4.40. The van der Waals surface area contributed by atoms with Gasteiger partial charge in [0.1, 0.15) is 34.0 Å². The molecule has 0 spiro atoms. The Morgan fingerprint density at radius 3 is 2.72 bits per heavy atom. The van der Waals surface area contributed by atoms with Crippen LogP contribution in [-0.4, -0.2) is 72.6 Å². The number of fused-ring (bicyclic) bond motifs is 1. The molecule has 2 heterocycles. The average molecular weight is 462 g/mol. The summed E-state index contributed by atoms with van der Waals surface area (Å²) in [6, 6.07) is 9.27. The number of esters is 1. The largest absolute Gasteiger partial charge is 0.491 e.